The Bertz CT molecular complexity index is 729. The highest BCUT2D eigenvalue weighted by atomic mass is 32.2. The van der Waals surface area contributed by atoms with Gasteiger partial charge in [0.2, 0.25) is 0 Å². The number of hydrogen-bond donors (Lipinski definition) is 0. The molecule has 4 nitrogen and oxygen atoms in total. The fraction of sp³-hybridized carbons (Fsp3) is 0.333. The molecule has 0 radical (unpaired) electrons. The Morgan fingerprint density at radius 2 is 2.40 bits per heavy atom. The van der Waals surface area contributed by atoms with Gasteiger partial charge in [-0.05, 0) is 12.1 Å². The van der Waals surface area contributed by atoms with Crippen molar-refractivity contribution >= 4 is 28.6 Å². The van der Waals surface area contributed by atoms with Gasteiger partial charge in [0.15, 0.2) is 0 Å². The molecular weight excluding hydrogens is 270 g/mol. The number of aromatic nitrogens is 1. The molecule has 1 aliphatic heterocycles. The van der Waals surface area contributed by atoms with Gasteiger partial charge in [-0.2, -0.15) is 5.26 Å². The summed E-state index contributed by atoms with van der Waals surface area (Å²) in [6.45, 7) is 3.10. The predicted octanol–water partition coefficient (Wildman–Crippen LogP) is 2.73. The van der Waals surface area contributed by atoms with E-state index in [-0.39, 0.29) is 12.5 Å². The molecule has 1 aromatic carbocycles. The quantitative estimate of drug-likeness (QED) is 0.797. The smallest absolute Gasteiger partial charge is 0.271 e. The molecule has 0 spiro atoms. The lowest BCUT2D eigenvalue weighted by Gasteiger charge is -2.23. The maximum absolute atomic E-state index is 12.5. The average Bonchev–Trinajstić information content (AvgIpc) is 2.78. The normalized spacial score (nSPS) is 16.9. The molecule has 2 aromatic rings. The van der Waals surface area contributed by atoms with Gasteiger partial charge >= 0.3 is 0 Å². The van der Waals surface area contributed by atoms with Crippen molar-refractivity contribution in [2.75, 3.05) is 13.6 Å². The number of nitrogens with zero attached hydrogens (tertiary/aromatic N) is 3. The van der Waals surface area contributed by atoms with Crippen LogP contribution in [0.1, 0.15) is 17.4 Å². The first kappa shape index (κ1) is 13.1. The lowest BCUT2D eigenvalue weighted by molar-refractivity contribution is 0.0802. The Hall–Kier alpha value is -1.93. The first-order valence-electron chi connectivity index (χ1n) is 6.53. The van der Waals surface area contributed by atoms with E-state index in [2.05, 4.69) is 17.6 Å². The predicted molar refractivity (Wildman–Crippen MR) is 79.8 cm³/mol. The number of nitriles is 1. The largest absolute Gasteiger partial charge is 0.334 e. The van der Waals surface area contributed by atoms with Crippen molar-refractivity contribution in [2.24, 2.45) is 0 Å². The Balaban J connectivity index is 2.15. The molecule has 0 saturated heterocycles. The van der Waals surface area contributed by atoms with Gasteiger partial charge < -0.3 is 9.47 Å². The van der Waals surface area contributed by atoms with Gasteiger partial charge in [-0.15, -0.1) is 11.8 Å². The molecule has 1 aliphatic rings. The average molecular weight is 285 g/mol. The van der Waals surface area contributed by atoms with Crippen molar-refractivity contribution in [3.05, 3.63) is 30.0 Å². The summed E-state index contributed by atoms with van der Waals surface area (Å²) in [6.07, 6.45) is 0. The Labute approximate surface area is 122 Å². The zero-order valence-electron chi connectivity index (χ0n) is 11.5. The zero-order valence-corrected chi connectivity index (χ0v) is 12.3. The van der Waals surface area contributed by atoms with Crippen molar-refractivity contribution < 1.29 is 4.79 Å². The van der Waals surface area contributed by atoms with Crippen LogP contribution in [0.5, 0.6) is 0 Å². The summed E-state index contributed by atoms with van der Waals surface area (Å²) in [7, 11) is 1.67. The second kappa shape index (κ2) is 4.88. The van der Waals surface area contributed by atoms with E-state index in [4.69, 9.17) is 5.26 Å². The molecule has 1 unspecified atom stereocenters. The third-order valence-corrected chi connectivity index (χ3v) is 4.66. The van der Waals surface area contributed by atoms with Crippen LogP contribution in [0, 0.1) is 11.3 Å². The molecule has 0 fully saturated rings. The number of hydrogen-bond acceptors (Lipinski definition) is 3. The number of carbonyl (C=O) groups excluding carboxylic acids is 1. The number of amides is 1. The molecule has 2 heterocycles. The summed E-state index contributed by atoms with van der Waals surface area (Å²) < 4.78 is 2.10. The lowest BCUT2D eigenvalue weighted by atomic mass is 10.2. The van der Waals surface area contributed by atoms with E-state index in [9.17, 15) is 4.79 Å². The molecule has 3 rings (SSSR count). The number of para-hydroxylation sites is 1. The van der Waals surface area contributed by atoms with Gasteiger partial charge in [0.25, 0.3) is 5.91 Å². The van der Waals surface area contributed by atoms with Crippen LogP contribution in [0.15, 0.2) is 29.2 Å². The number of thioether (sulfide) groups is 1. The molecule has 0 saturated carbocycles. The van der Waals surface area contributed by atoms with E-state index >= 15 is 0 Å². The van der Waals surface area contributed by atoms with E-state index in [0.29, 0.717) is 10.9 Å². The summed E-state index contributed by atoms with van der Waals surface area (Å²) in [4.78, 5) is 15.2. The number of benzene rings is 1. The highest BCUT2D eigenvalue weighted by molar-refractivity contribution is 8.00. The van der Waals surface area contributed by atoms with E-state index in [0.717, 1.165) is 17.4 Å². The van der Waals surface area contributed by atoms with Crippen molar-refractivity contribution in [1.29, 1.82) is 5.26 Å². The van der Waals surface area contributed by atoms with Crippen LogP contribution in [-0.4, -0.2) is 34.2 Å². The highest BCUT2D eigenvalue weighted by Gasteiger charge is 2.25. The lowest BCUT2D eigenvalue weighted by Crippen LogP contribution is -2.30. The fourth-order valence-corrected chi connectivity index (χ4v) is 3.79. The minimum Gasteiger partial charge on any atom is -0.334 e. The van der Waals surface area contributed by atoms with E-state index in [1.165, 1.54) is 9.80 Å². The van der Waals surface area contributed by atoms with Crippen LogP contribution in [-0.2, 0) is 6.54 Å². The third-order valence-electron chi connectivity index (χ3n) is 3.52. The fourth-order valence-electron chi connectivity index (χ4n) is 2.64. The summed E-state index contributed by atoms with van der Waals surface area (Å²) in [5.41, 5.74) is 1.82. The minimum atomic E-state index is -0.0900. The second-order valence-corrected chi connectivity index (χ2v) is 6.56. The van der Waals surface area contributed by atoms with Gasteiger partial charge in [0, 0.05) is 29.1 Å². The monoisotopic (exact) mass is 285 g/mol. The molecule has 0 aliphatic carbocycles. The third kappa shape index (κ3) is 1.97. The van der Waals surface area contributed by atoms with Crippen LogP contribution in [0.25, 0.3) is 10.9 Å². The molecule has 0 N–H and O–H groups in total. The van der Waals surface area contributed by atoms with Crippen LogP contribution < -0.4 is 0 Å². The second-order valence-electron chi connectivity index (χ2n) is 5.08. The van der Waals surface area contributed by atoms with Crippen molar-refractivity contribution in [3.8, 4) is 6.07 Å². The Kier molecular flexibility index (Phi) is 3.19. The maximum Gasteiger partial charge on any atom is 0.271 e. The van der Waals surface area contributed by atoms with Crippen molar-refractivity contribution in [2.45, 2.75) is 23.6 Å². The molecular formula is C15H15N3OS. The molecule has 102 valence electrons. The minimum absolute atomic E-state index is 0.0900. The maximum atomic E-state index is 12.5. The standard InChI is InChI=1S/C15H15N3OS/c1-10-9-18-12(15(19)17(2)7-6-16)8-11-4-3-5-13(20-10)14(11)18/h3-5,8,10H,7,9H2,1-2H3. The van der Waals surface area contributed by atoms with Crippen LogP contribution >= 0.6 is 11.8 Å². The van der Waals surface area contributed by atoms with E-state index in [1.807, 2.05) is 36.0 Å². The zero-order chi connectivity index (χ0) is 14.3. The summed E-state index contributed by atoms with van der Waals surface area (Å²) in [5, 5.41) is 10.3. The number of rotatable bonds is 2. The van der Waals surface area contributed by atoms with Gasteiger partial charge in [-0.25, -0.2) is 0 Å². The first-order chi connectivity index (χ1) is 9.61. The van der Waals surface area contributed by atoms with Crippen molar-refractivity contribution in [3.63, 3.8) is 0 Å². The van der Waals surface area contributed by atoms with Crippen LogP contribution in [0.2, 0.25) is 0 Å². The summed E-state index contributed by atoms with van der Waals surface area (Å²) in [6, 6.07) is 10.1. The van der Waals surface area contributed by atoms with Gasteiger partial charge in [0.05, 0.1) is 11.6 Å². The topological polar surface area (TPSA) is 49.0 Å². The van der Waals surface area contributed by atoms with Crippen LogP contribution in [0.4, 0.5) is 0 Å². The van der Waals surface area contributed by atoms with Gasteiger partial charge in [0.1, 0.15) is 12.2 Å². The Morgan fingerprint density at radius 3 is 3.15 bits per heavy atom. The molecule has 0 bridgehead atoms. The summed E-state index contributed by atoms with van der Waals surface area (Å²) in [5.74, 6) is -0.0900. The first-order valence-corrected chi connectivity index (χ1v) is 7.41. The van der Waals surface area contributed by atoms with E-state index in [1.54, 1.807) is 7.05 Å². The van der Waals surface area contributed by atoms with Crippen LogP contribution in [0.3, 0.4) is 0 Å². The Morgan fingerprint density at radius 1 is 1.60 bits per heavy atom. The van der Waals surface area contributed by atoms with Gasteiger partial charge in [-0.3, -0.25) is 4.79 Å². The SMILES string of the molecule is CC1Cn2c(C(=O)N(C)CC#N)cc3cccc(c32)S1. The molecule has 20 heavy (non-hydrogen) atoms. The molecule has 5 heteroatoms. The molecule has 1 aromatic heterocycles. The summed E-state index contributed by atoms with van der Waals surface area (Å²) >= 11 is 1.85. The highest BCUT2D eigenvalue weighted by Crippen LogP contribution is 2.38. The van der Waals surface area contributed by atoms with Gasteiger partial charge in [-0.1, -0.05) is 19.1 Å². The van der Waals surface area contributed by atoms with Crippen molar-refractivity contribution in [1.82, 2.24) is 9.47 Å². The molecule has 1 atom stereocenters. The molecule has 1 amide bonds. The van der Waals surface area contributed by atoms with E-state index < -0.39 is 0 Å². The number of carbonyl (C=O) groups is 1.